The molecule has 0 rings (SSSR count). The van der Waals surface area contributed by atoms with Gasteiger partial charge in [-0.1, -0.05) is 6.92 Å². The summed E-state index contributed by atoms with van der Waals surface area (Å²) >= 11 is 0. The fourth-order valence-corrected chi connectivity index (χ4v) is 0.268. The minimum Gasteiger partial charge on any atom is -0.301 e. The quantitative estimate of drug-likeness (QED) is 0.377. The first-order chi connectivity index (χ1) is 3.35. The Labute approximate surface area is 43.3 Å². The van der Waals surface area contributed by atoms with E-state index < -0.39 is 0 Å². The molecule has 0 aromatic heterocycles. The number of nitrogens with zero attached hydrogens (tertiary/aromatic N) is 1. The Hall–Kier alpha value is -0.660. The van der Waals surface area contributed by atoms with Crippen LogP contribution in [0.2, 0.25) is 0 Å². The van der Waals surface area contributed by atoms with E-state index in [1.807, 2.05) is 6.92 Å². The minimum atomic E-state index is -0.181. The zero-order chi connectivity index (χ0) is 5.70. The molecule has 0 aromatic carbocycles. The molecule has 0 amide bonds. The number of aliphatic imine (C=N–C) groups is 1. The van der Waals surface area contributed by atoms with Crippen molar-refractivity contribution in [2.45, 2.75) is 19.4 Å². The van der Waals surface area contributed by atoms with Crippen molar-refractivity contribution in [1.82, 2.24) is 0 Å². The molecule has 0 aliphatic heterocycles. The summed E-state index contributed by atoms with van der Waals surface area (Å²) in [5, 5.41) is 0. The van der Waals surface area contributed by atoms with Gasteiger partial charge in [-0.05, 0) is 13.1 Å². The molecule has 0 radical (unpaired) electrons. The van der Waals surface area contributed by atoms with E-state index in [0.717, 1.165) is 12.7 Å². The van der Waals surface area contributed by atoms with Gasteiger partial charge in [-0.3, -0.25) is 4.99 Å². The van der Waals surface area contributed by atoms with Gasteiger partial charge in [-0.2, -0.15) is 0 Å². The third kappa shape index (κ3) is 2.09. The summed E-state index contributed by atoms with van der Waals surface area (Å²) in [6.07, 6.45) is 1.56. The average molecular weight is 99.1 g/mol. The lowest BCUT2D eigenvalue weighted by Crippen LogP contribution is -2.01. The molecule has 0 fully saturated rings. The van der Waals surface area contributed by atoms with Gasteiger partial charge in [0.15, 0.2) is 0 Å². The maximum atomic E-state index is 9.83. The summed E-state index contributed by atoms with van der Waals surface area (Å²) < 4.78 is 0. The second-order valence-electron chi connectivity index (χ2n) is 1.29. The molecular formula is C5H9NO. The van der Waals surface area contributed by atoms with Gasteiger partial charge in [0.2, 0.25) is 0 Å². The predicted octanol–water partition coefficient (Wildman–Crippen LogP) is 0.665. The lowest BCUT2D eigenvalue weighted by molar-refractivity contribution is -0.108. The summed E-state index contributed by atoms with van der Waals surface area (Å²) in [4.78, 5) is 13.3. The average Bonchev–Trinajstić information content (AvgIpc) is 1.72. The molecule has 0 saturated carbocycles. The molecule has 0 saturated heterocycles. The Morgan fingerprint density at radius 1 is 2.00 bits per heavy atom. The van der Waals surface area contributed by atoms with Crippen LogP contribution in [0.4, 0.5) is 0 Å². The molecule has 40 valence electrons. The van der Waals surface area contributed by atoms with E-state index in [1.54, 1.807) is 0 Å². The molecule has 0 aliphatic rings. The monoisotopic (exact) mass is 99.1 g/mol. The normalized spacial score (nSPS) is 12.7. The van der Waals surface area contributed by atoms with Crippen molar-refractivity contribution in [3.05, 3.63) is 0 Å². The summed E-state index contributed by atoms with van der Waals surface area (Å²) in [6.45, 7) is 5.12. The molecule has 0 aliphatic carbocycles. The van der Waals surface area contributed by atoms with Gasteiger partial charge in [0.25, 0.3) is 0 Å². The van der Waals surface area contributed by atoms with E-state index >= 15 is 0 Å². The van der Waals surface area contributed by atoms with Crippen LogP contribution < -0.4 is 0 Å². The third-order valence-electron chi connectivity index (χ3n) is 0.810. The molecule has 0 aromatic rings. The molecule has 0 heterocycles. The van der Waals surface area contributed by atoms with Crippen molar-refractivity contribution < 1.29 is 4.79 Å². The zero-order valence-corrected chi connectivity index (χ0v) is 4.42. The number of hydrogen-bond acceptors (Lipinski definition) is 2. The molecule has 2 nitrogen and oxygen atoms in total. The van der Waals surface area contributed by atoms with Gasteiger partial charge >= 0.3 is 0 Å². The molecule has 0 spiro atoms. The molecular weight excluding hydrogens is 90.1 g/mol. The molecule has 0 N–H and O–H groups in total. The van der Waals surface area contributed by atoms with E-state index in [-0.39, 0.29) is 6.04 Å². The lowest BCUT2D eigenvalue weighted by atomic mass is 10.3. The first kappa shape index (κ1) is 6.34. The number of rotatable bonds is 3. The highest BCUT2D eigenvalue weighted by Crippen LogP contribution is 1.88. The third-order valence-corrected chi connectivity index (χ3v) is 0.810. The van der Waals surface area contributed by atoms with Crippen LogP contribution >= 0.6 is 0 Å². The molecule has 2 heteroatoms. The second kappa shape index (κ2) is 3.53. The van der Waals surface area contributed by atoms with E-state index in [4.69, 9.17) is 0 Å². The van der Waals surface area contributed by atoms with Crippen LogP contribution in [-0.2, 0) is 4.79 Å². The van der Waals surface area contributed by atoms with Gasteiger partial charge in [-0.15, -0.1) is 0 Å². The molecule has 1 atom stereocenters. The molecule has 1 unspecified atom stereocenters. The van der Waals surface area contributed by atoms with Crippen molar-refractivity contribution in [2.24, 2.45) is 4.99 Å². The van der Waals surface area contributed by atoms with Crippen LogP contribution in [0.1, 0.15) is 13.3 Å². The predicted molar refractivity (Wildman–Crippen MR) is 29.7 cm³/mol. The van der Waals surface area contributed by atoms with Crippen molar-refractivity contribution in [3.8, 4) is 0 Å². The zero-order valence-electron chi connectivity index (χ0n) is 4.42. The van der Waals surface area contributed by atoms with Crippen molar-refractivity contribution in [1.29, 1.82) is 0 Å². The van der Waals surface area contributed by atoms with Crippen molar-refractivity contribution >= 4 is 13.0 Å². The fraction of sp³-hybridized carbons (Fsp3) is 0.600. The fourth-order valence-electron chi connectivity index (χ4n) is 0.268. The first-order valence-electron chi connectivity index (χ1n) is 2.26. The summed E-state index contributed by atoms with van der Waals surface area (Å²) in [7, 11) is 0. The van der Waals surface area contributed by atoms with Crippen molar-refractivity contribution in [2.75, 3.05) is 0 Å². The van der Waals surface area contributed by atoms with E-state index in [1.165, 1.54) is 0 Å². The maximum absolute atomic E-state index is 9.83. The largest absolute Gasteiger partial charge is 0.301 e. The lowest BCUT2D eigenvalue weighted by Gasteiger charge is -1.92. The summed E-state index contributed by atoms with van der Waals surface area (Å²) in [5.41, 5.74) is 0. The number of carbonyl (C=O) groups excluding carboxylic acids is 1. The van der Waals surface area contributed by atoms with Crippen molar-refractivity contribution in [3.63, 3.8) is 0 Å². The Balaban J connectivity index is 3.36. The van der Waals surface area contributed by atoms with Crippen LogP contribution in [-0.4, -0.2) is 19.0 Å². The highest BCUT2D eigenvalue weighted by atomic mass is 16.1. The Morgan fingerprint density at radius 3 is 2.57 bits per heavy atom. The van der Waals surface area contributed by atoms with Gasteiger partial charge in [0.05, 0.1) is 0 Å². The van der Waals surface area contributed by atoms with Gasteiger partial charge < -0.3 is 4.79 Å². The Kier molecular flexibility index (Phi) is 3.19. The van der Waals surface area contributed by atoms with E-state index in [0.29, 0.717) is 0 Å². The smallest absolute Gasteiger partial charge is 0.144 e. The van der Waals surface area contributed by atoms with Crippen LogP contribution in [0.25, 0.3) is 0 Å². The number of aldehydes is 1. The van der Waals surface area contributed by atoms with Crippen LogP contribution in [0, 0.1) is 0 Å². The first-order valence-corrected chi connectivity index (χ1v) is 2.26. The highest BCUT2D eigenvalue weighted by molar-refractivity contribution is 5.59. The Bertz CT molecular complexity index is 62.5. The van der Waals surface area contributed by atoms with Crippen LogP contribution in [0.3, 0.4) is 0 Å². The van der Waals surface area contributed by atoms with Gasteiger partial charge in [-0.25, -0.2) is 0 Å². The molecule has 7 heavy (non-hydrogen) atoms. The molecule has 0 bridgehead atoms. The number of carbonyl (C=O) groups is 1. The highest BCUT2D eigenvalue weighted by Gasteiger charge is 1.94. The van der Waals surface area contributed by atoms with Gasteiger partial charge in [0, 0.05) is 0 Å². The van der Waals surface area contributed by atoms with E-state index in [2.05, 4.69) is 11.7 Å². The van der Waals surface area contributed by atoms with E-state index in [9.17, 15) is 4.79 Å². The second-order valence-corrected chi connectivity index (χ2v) is 1.29. The minimum absolute atomic E-state index is 0.181. The summed E-state index contributed by atoms with van der Waals surface area (Å²) in [5.74, 6) is 0. The topological polar surface area (TPSA) is 29.4 Å². The van der Waals surface area contributed by atoms with Crippen LogP contribution in [0.5, 0.6) is 0 Å². The summed E-state index contributed by atoms with van der Waals surface area (Å²) in [6, 6.07) is -0.181. The van der Waals surface area contributed by atoms with Crippen LogP contribution in [0.15, 0.2) is 4.99 Å². The van der Waals surface area contributed by atoms with Gasteiger partial charge in [0.1, 0.15) is 12.3 Å². The Morgan fingerprint density at radius 2 is 2.57 bits per heavy atom. The standard InChI is InChI=1S/C5H9NO/c1-3-5(4-7)6-2/h4-5H,2-3H2,1H3. The maximum Gasteiger partial charge on any atom is 0.144 e. The SMILES string of the molecule is C=NC(C=O)CC. The number of hydrogen-bond donors (Lipinski definition) is 0.